The molecule has 2 N–H and O–H groups in total. The van der Waals surface area contributed by atoms with Crippen LogP contribution in [-0.2, 0) is 4.74 Å². The molecule has 1 atom stereocenters. The van der Waals surface area contributed by atoms with Gasteiger partial charge < -0.3 is 10.5 Å². The molecule has 4 nitrogen and oxygen atoms in total. The van der Waals surface area contributed by atoms with Gasteiger partial charge in [-0.2, -0.15) is 5.10 Å². The number of ether oxygens (including phenoxy) is 1. The standard InChI is InChI=1S/C10H17N3O/c1-7(2)13-5-9(11)10(12-13)8-3-4-14-6-8/h5,7-8H,3-4,6,11H2,1-2H3. The zero-order chi connectivity index (χ0) is 10.1. The van der Waals surface area contributed by atoms with Gasteiger partial charge in [-0.3, -0.25) is 4.68 Å². The Morgan fingerprint density at radius 2 is 2.43 bits per heavy atom. The molecule has 0 aliphatic carbocycles. The van der Waals surface area contributed by atoms with Crippen LogP contribution < -0.4 is 5.73 Å². The van der Waals surface area contributed by atoms with Crippen molar-refractivity contribution in [3.63, 3.8) is 0 Å². The predicted octanol–water partition coefficient (Wildman–Crippen LogP) is 1.55. The second-order valence-electron chi connectivity index (χ2n) is 4.10. The molecule has 2 heterocycles. The zero-order valence-corrected chi connectivity index (χ0v) is 8.73. The van der Waals surface area contributed by atoms with Crippen LogP contribution in [0.25, 0.3) is 0 Å². The number of nitrogens with two attached hydrogens (primary N) is 1. The molecule has 1 saturated heterocycles. The molecule has 1 aliphatic rings. The van der Waals surface area contributed by atoms with Crippen LogP contribution in [0.5, 0.6) is 0 Å². The van der Waals surface area contributed by atoms with E-state index in [4.69, 9.17) is 10.5 Å². The first kappa shape index (κ1) is 9.52. The Balaban J connectivity index is 2.24. The van der Waals surface area contributed by atoms with Gasteiger partial charge in [0.1, 0.15) is 0 Å². The minimum absolute atomic E-state index is 0.369. The molecule has 0 bridgehead atoms. The SMILES string of the molecule is CC(C)n1cc(N)c(C2CCOC2)n1. The third-order valence-corrected chi connectivity index (χ3v) is 2.64. The van der Waals surface area contributed by atoms with Crippen molar-refractivity contribution >= 4 is 5.69 Å². The second-order valence-corrected chi connectivity index (χ2v) is 4.10. The van der Waals surface area contributed by atoms with Crippen LogP contribution in [0.15, 0.2) is 6.20 Å². The molecule has 14 heavy (non-hydrogen) atoms. The van der Waals surface area contributed by atoms with Crippen molar-refractivity contribution in [2.24, 2.45) is 0 Å². The maximum Gasteiger partial charge on any atom is 0.0908 e. The van der Waals surface area contributed by atoms with Crippen molar-refractivity contribution in [1.29, 1.82) is 0 Å². The average molecular weight is 195 g/mol. The number of hydrogen-bond acceptors (Lipinski definition) is 3. The highest BCUT2D eigenvalue weighted by Gasteiger charge is 2.23. The highest BCUT2D eigenvalue weighted by Crippen LogP contribution is 2.28. The van der Waals surface area contributed by atoms with Gasteiger partial charge in [0.2, 0.25) is 0 Å². The summed E-state index contributed by atoms with van der Waals surface area (Å²) in [6, 6.07) is 0.369. The maximum absolute atomic E-state index is 5.92. The molecule has 1 aromatic rings. The van der Waals surface area contributed by atoms with E-state index in [1.165, 1.54) is 0 Å². The Bertz CT molecular complexity index is 313. The predicted molar refractivity (Wildman–Crippen MR) is 55.2 cm³/mol. The van der Waals surface area contributed by atoms with E-state index in [0.29, 0.717) is 12.0 Å². The Morgan fingerprint density at radius 1 is 1.64 bits per heavy atom. The summed E-state index contributed by atoms with van der Waals surface area (Å²) >= 11 is 0. The molecule has 1 unspecified atom stereocenters. The third kappa shape index (κ3) is 1.62. The number of aromatic nitrogens is 2. The first-order valence-corrected chi connectivity index (χ1v) is 5.10. The topological polar surface area (TPSA) is 53.1 Å². The number of rotatable bonds is 2. The van der Waals surface area contributed by atoms with E-state index >= 15 is 0 Å². The lowest BCUT2D eigenvalue weighted by molar-refractivity contribution is 0.193. The highest BCUT2D eigenvalue weighted by atomic mass is 16.5. The van der Waals surface area contributed by atoms with Crippen LogP contribution in [0, 0.1) is 0 Å². The Kier molecular flexibility index (Phi) is 2.46. The number of nitrogens with zero attached hydrogens (tertiary/aromatic N) is 2. The van der Waals surface area contributed by atoms with E-state index in [9.17, 15) is 0 Å². The van der Waals surface area contributed by atoms with E-state index in [1.807, 2.05) is 10.9 Å². The molecule has 2 rings (SSSR count). The minimum Gasteiger partial charge on any atom is -0.396 e. The average Bonchev–Trinajstić information content (AvgIpc) is 2.71. The Labute approximate surface area is 84.0 Å². The smallest absolute Gasteiger partial charge is 0.0908 e. The molecule has 0 aromatic carbocycles. The lowest BCUT2D eigenvalue weighted by Gasteiger charge is -2.05. The number of hydrogen-bond donors (Lipinski definition) is 1. The summed E-state index contributed by atoms with van der Waals surface area (Å²) in [5, 5.41) is 4.50. The molecular formula is C10H17N3O. The van der Waals surface area contributed by atoms with Gasteiger partial charge in [-0.05, 0) is 20.3 Å². The van der Waals surface area contributed by atoms with Crippen molar-refractivity contribution < 1.29 is 4.74 Å². The normalized spacial score (nSPS) is 22.1. The minimum atomic E-state index is 0.369. The van der Waals surface area contributed by atoms with Gasteiger partial charge in [-0.15, -0.1) is 0 Å². The molecule has 1 aliphatic heterocycles. The van der Waals surface area contributed by atoms with Gasteiger partial charge >= 0.3 is 0 Å². The highest BCUT2D eigenvalue weighted by molar-refractivity contribution is 5.43. The van der Waals surface area contributed by atoms with Crippen LogP contribution in [0.1, 0.15) is 37.9 Å². The first-order chi connectivity index (χ1) is 6.68. The summed E-state index contributed by atoms with van der Waals surface area (Å²) in [5.41, 5.74) is 7.73. The summed E-state index contributed by atoms with van der Waals surface area (Å²) in [6.07, 6.45) is 2.96. The Morgan fingerprint density at radius 3 is 2.93 bits per heavy atom. The van der Waals surface area contributed by atoms with Gasteiger partial charge in [0.05, 0.1) is 18.0 Å². The van der Waals surface area contributed by atoms with E-state index in [0.717, 1.165) is 31.0 Å². The quantitative estimate of drug-likeness (QED) is 0.779. The summed E-state index contributed by atoms with van der Waals surface area (Å²) in [7, 11) is 0. The molecule has 0 spiro atoms. The monoisotopic (exact) mass is 195 g/mol. The summed E-state index contributed by atoms with van der Waals surface area (Å²) < 4.78 is 7.25. The summed E-state index contributed by atoms with van der Waals surface area (Å²) in [5.74, 6) is 0.398. The van der Waals surface area contributed by atoms with Gasteiger partial charge in [-0.1, -0.05) is 0 Å². The Hall–Kier alpha value is -1.03. The van der Waals surface area contributed by atoms with E-state index < -0.39 is 0 Å². The maximum atomic E-state index is 5.92. The van der Waals surface area contributed by atoms with Gasteiger partial charge in [0.15, 0.2) is 0 Å². The van der Waals surface area contributed by atoms with Crippen LogP contribution in [0.4, 0.5) is 5.69 Å². The fraction of sp³-hybridized carbons (Fsp3) is 0.700. The first-order valence-electron chi connectivity index (χ1n) is 5.10. The van der Waals surface area contributed by atoms with Crippen molar-refractivity contribution in [3.05, 3.63) is 11.9 Å². The van der Waals surface area contributed by atoms with E-state index in [1.54, 1.807) is 0 Å². The van der Waals surface area contributed by atoms with Crippen molar-refractivity contribution in [3.8, 4) is 0 Å². The van der Waals surface area contributed by atoms with E-state index in [-0.39, 0.29) is 0 Å². The molecule has 0 saturated carbocycles. The van der Waals surface area contributed by atoms with Crippen LogP contribution >= 0.6 is 0 Å². The van der Waals surface area contributed by atoms with Crippen LogP contribution in [0.3, 0.4) is 0 Å². The lowest BCUT2D eigenvalue weighted by Crippen LogP contribution is -2.05. The van der Waals surface area contributed by atoms with Crippen molar-refractivity contribution in [2.75, 3.05) is 18.9 Å². The fourth-order valence-corrected chi connectivity index (χ4v) is 1.75. The lowest BCUT2D eigenvalue weighted by atomic mass is 10.0. The van der Waals surface area contributed by atoms with Crippen LogP contribution in [0.2, 0.25) is 0 Å². The van der Waals surface area contributed by atoms with Crippen LogP contribution in [-0.4, -0.2) is 23.0 Å². The molecule has 0 amide bonds. The van der Waals surface area contributed by atoms with Crippen molar-refractivity contribution in [2.45, 2.75) is 32.2 Å². The summed E-state index contributed by atoms with van der Waals surface area (Å²) in [6.45, 7) is 5.79. The largest absolute Gasteiger partial charge is 0.396 e. The molecular weight excluding hydrogens is 178 g/mol. The zero-order valence-electron chi connectivity index (χ0n) is 8.73. The number of nitrogen functional groups attached to an aromatic ring is 1. The fourth-order valence-electron chi connectivity index (χ4n) is 1.75. The third-order valence-electron chi connectivity index (χ3n) is 2.64. The van der Waals surface area contributed by atoms with Gasteiger partial charge in [-0.25, -0.2) is 0 Å². The second kappa shape index (κ2) is 3.61. The molecule has 78 valence electrons. The van der Waals surface area contributed by atoms with E-state index in [2.05, 4.69) is 18.9 Å². The van der Waals surface area contributed by atoms with Crippen molar-refractivity contribution in [1.82, 2.24) is 9.78 Å². The van der Waals surface area contributed by atoms with Gasteiger partial charge in [0, 0.05) is 24.8 Å². The molecule has 1 aromatic heterocycles. The summed E-state index contributed by atoms with van der Waals surface area (Å²) in [4.78, 5) is 0. The van der Waals surface area contributed by atoms with Gasteiger partial charge in [0.25, 0.3) is 0 Å². The number of anilines is 1. The molecule has 1 fully saturated rings. The molecule has 4 heteroatoms. The molecule has 0 radical (unpaired) electrons.